The molecule has 0 saturated heterocycles. The van der Waals surface area contributed by atoms with Crippen LogP contribution in [0.15, 0.2) is 0 Å². The molecule has 0 bridgehead atoms. The summed E-state index contributed by atoms with van der Waals surface area (Å²) in [6, 6.07) is 0. The van der Waals surface area contributed by atoms with E-state index in [2.05, 4.69) is 6.92 Å². The molecule has 0 spiro atoms. The van der Waals surface area contributed by atoms with Crippen molar-refractivity contribution in [1.82, 2.24) is 0 Å². The minimum atomic E-state index is 0. The Morgan fingerprint density at radius 2 is 1.25 bits per heavy atom. The zero-order valence-electron chi connectivity index (χ0n) is 2.79. The third-order valence-electron chi connectivity index (χ3n) is 0. The Morgan fingerprint density at radius 3 is 1.25 bits per heavy atom. The molecule has 0 rings (SSSR count). The molecule has 0 heterocycles. The Kier molecular flexibility index (Phi) is 205. The standard InChI is InChI=1S/C2H5.ClH.Zn/c1-2;;/h1H2,2H3;1H;/p-1. The van der Waals surface area contributed by atoms with Gasteiger partial charge < -0.3 is 12.4 Å². The van der Waals surface area contributed by atoms with Crippen LogP contribution in [-0.4, -0.2) is 0 Å². The molecule has 4 heavy (non-hydrogen) atoms. The third kappa shape index (κ3) is 12.8. The summed E-state index contributed by atoms with van der Waals surface area (Å²) in [5.41, 5.74) is 0. The van der Waals surface area contributed by atoms with Crippen molar-refractivity contribution in [2.75, 3.05) is 0 Å². The van der Waals surface area contributed by atoms with Crippen molar-refractivity contribution in [2.24, 2.45) is 0 Å². The summed E-state index contributed by atoms with van der Waals surface area (Å²) in [5.74, 6) is 0. The predicted molar refractivity (Wildman–Crippen MR) is 11.0 cm³/mol. The van der Waals surface area contributed by atoms with Crippen molar-refractivity contribution in [3.63, 3.8) is 0 Å². The van der Waals surface area contributed by atoms with Crippen LogP contribution in [0.1, 0.15) is 6.92 Å². The van der Waals surface area contributed by atoms with Gasteiger partial charge in [0.2, 0.25) is 0 Å². The van der Waals surface area contributed by atoms with Gasteiger partial charge in [0.25, 0.3) is 0 Å². The molecule has 0 aromatic rings. The fourth-order valence-corrected chi connectivity index (χ4v) is 0. The molecule has 0 unspecified atom stereocenters. The fraction of sp³-hybridized carbons (Fsp3) is 0.500. The molecular weight excluding hydrogens is 125 g/mol. The van der Waals surface area contributed by atoms with E-state index < -0.39 is 0 Å². The number of hydrogen-bond acceptors (Lipinski definition) is 0. The van der Waals surface area contributed by atoms with Crippen molar-refractivity contribution in [1.29, 1.82) is 0 Å². The Bertz CT molecular complexity index is 6.00. The zero-order chi connectivity index (χ0) is 2.00. The first-order valence-electron chi connectivity index (χ1n) is 0.707. The molecule has 0 atom stereocenters. The van der Waals surface area contributed by atoms with Gasteiger partial charge in [-0.15, -0.1) is 0 Å². The Labute approximate surface area is 46.1 Å². The minimum Gasteiger partial charge on any atom is -1.00 e. The van der Waals surface area contributed by atoms with Crippen LogP contribution in [0.4, 0.5) is 0 Å². The average Bonchev–Trinajstić information content (AvgIpc) is 1.00. The van der Waals surface area contributed by atoms with Crippen molar-refractivity contribution < 1.29 is 31.9 Å². The normalized spacial score (nSPS) is 1.50. The van der Waals surface area contributed by atoms with Gasteiger partial charge in [-0.3, -0.25) is 0 Å². The molecule has 0 amide bonds. The summed E-state index contributed by atoms with van der Waals surface area (Å²) in [6.07, 6.45) is 0. The van der Waals surface area contributed by atoms with E-state index in [0.29, 0.717) is 0 Å². The van der Waals surface area contributed by atoms with E-state index in [9.17, 15) is 0 Å². The molecular formula is C2H5ClZn-. The minimum absolute atomic E-state index is 0. The first-order valence-corrected chi connectivity index (χ1v) is 0.707. The fourth-order valence-electron chi connectivity index (χ4n) is 0. The van der Waals surface area contributed by atoms with Gasteiger partial charge in [0.05, 0.1) is 0 Å². The van der Waals surface area contributed by atoms with Crippen LogP contribution in [0.2, 0.25) is 0 Å². The molecule has 2 heteroatoms. The van der Waals surface area contributed by atoms with Gasteiger partial charge in [-0.1, -0.05) is 13.8 Å². The maximum atomic E-state index is 3.25. The van der Waals surface area contributed by atoms with Gasteiger partial charge in [0.1, 0.15) is 0 Å². The Balaban J connectivity index is -0.00000000500. The number of rotatable bonds is 0. The SMILES string of the molecule is [CH2]C.[Cl-].[Zn]. The predicted octanol–water partition coefficient (Wildman–Crippen LogP) is -2.16. The van der Waals surface area contributed by atoms with Crippen LogP contribution >= 0.6 is 0 Å². The molecule has 0 aromatic carbocycles. The summed E-state index contributed by atoms with van der Waals surface area (Å²) >= 11 is 0. The first kappa shape index (κ1) is 20.6. The topological polar surface area (TPSA) is 0 Å². The number of halogens is 1. The first-order chi connectivity index (χ1) is 1.00. The second kappa shape index (κ2) is 39.8. The van der Waals surface area contributed by atoms with Gasteiger partial charge in [-0.25, -0.2) is 0 Å². The Morgan fingerprint density at radius 1 is 1.25 bits per heavy atom. The van der Waals surface area contributed by atoms with Crippen molar-refractivity contribution in [3.05, 3.63) is 6.92 Å². The van der Waals surface area contributed by atoms with Crippen LogP contribution in [0.5, 0.6) is 0 Å². The van der Waals surface area contributed by atoms with Gasteiger partial charge in [0.15, 0.2) is 0 Å². The van der Waals surface area contributed by atoms with Crippen LogP contribution in [0.3, 0.4) is 0 Å². The number of hydrogen-bond donors (Lipinski definition) is 0. The van der Waals surface area contributed by atoms with Gasteiger partial charge in [-0.05, 0) is 0 Å². The second-order valence-electron chi connectivity index (χ2n) is 0. The van der Waals surface area contributed by atoms with Crippen molar-refractivity contribution in [2.45, 2.75) is 6.92 Å². The molecule has 0 aliphatic carbocycles. The van der Waals surface area contributed by atoms with Gasteiger partial charge in [-0.2, -0.15) is 0 Å². The van der Waals surface area contributed by atoms with Crippen LogP contribution in [-0.2, 0) is 19.5 Å². The smallest absolute Gasteiger partial charge is 0 e. The largest absolute Gasteiger partial charge is 1.00 e. The van der Waals surface area contributed by atoms with Crippen molar-refractivity contribution in [3.8, 4) is 0 Å². The summed E-state index contributed by atoms with van der Waals surface area (Å²) < 4.78 is 0. The van der Waals surface area contributed by atoms with Gasteiger partial charge >= 0.3 is 0 Å². The summed E-state index contributed by atoms with van der Waals surface area (Å²) in [7, 11) is 0. The molecule has 0 aliphatic rings. The maximum absolute atomic E-state index is 3.25. The average molecular weight is 130 g/mol. The third-order valence-corrected chi connectivity index (χ3v) is 0. The van der Waals surface area contributed by atoms with E-state index in [1.165, 1.54) is 0 Å². The second-order valence-corrected chi connectivity index (χ2v) is 0. The van der Waals surface area contributed by atoms with Crippen LogP contribution in [0.25, 0.3) is 0 Å². The summed E-state index contributed by atoms with van der Waals surface area (Å²) in [6.45, 7) is 5.00. The molecule has 0 aromatic heterocycles. The van der Waals surface area contributed by atoms with Crippen LogP contribution < -0.4 is 12.4 Å². The van der Waals surface area contributed by atoms with E-state index >= 15 is 0 Å². The van der Waals surface area contributed by atoms with E-state index in [-0.39, 0.29) is 31.9 Å². The maximum Gasteiger partial charge on any atom is 0 e. The molecule has 0 saturated carbocycles. The molecule has 1 radical (unpaired) electrons. The van der Waals surface area contributed by atoms with Crippen LogP contribution in [0, 0.1) is 6.92 Å². The van der Waals surface area contributed by atoms with E-state index in [1.807, 2.05) is 0 Å². The monoisotopic (exact) mass is 128 g/mol. The summed E-state index contributed by atoms with van der Waals surface area (Å²) in [4.78, 5) is 0. The van der Waals surface area contributed by atoms with E-state index in [1.54, 1.807) is 6.92 Å². The van der Waals surface area contributed by atoms with E-state index in [4.69, 9.17) is 0 Å². The summed E-state index contributed by atoms with van der Waals surface area (Å²) in [5, 5.41) is 0. The Hall–Kier alpha value is 0.913. The molecule has 0 N–H and O–H groups in total. The molecule has 0 aliphatic heterocycles. The van der Waals surface area contributed by atoms with Crippen molar-refractivity contribution >= 4 is 0 Å². The van der Waals surface area contributed by atoms with E-state index in [0.717, 1.165) is 0 Å². The zero-order valence-corrected chi connectivity index (χ0v) is 6.52. The molecule has 23 valence electrons. The quantitative estimate of drug-likeness (QED) is 0.327. The van der Waals surface area contributed by atoms with Gasteiger partial charge in [0, 0.05) is 19.5 Å². The molecule has 0 fully saturated rings. The molecule has 0 nitrogen and oxygen atoms in total.